The number of nitrogens with zero attached hydrogens (tertiary/aromatic N) is 8. The molecular formula is C21H23FN10O8P2S2. The topological polar surface area (TPSA) is 229 Å². The van der Waals surface area contributed by atoms with Crippen molar-refractivity contribution < 1.29 is 41.1 Å². The molecule has 2 unspecified atom stereocenters. The average Bonchev–Trinajstić information content (AvgIpc) is 3.41. The van der Waals surface area contributed by atoms with Crippen LogP contribution in [0.1, 0.15) is 25.3 Å². The van der Waals surface area contributed by atoms with Gasteiger partial charge in [-0.3, -0.25) is 27.2 Å². The van der Waals surface area contributed by atoms with Gasteiger partial charge in [0.05, 0.1) is 25.4 Å². The Kier molecular flexibility index (Phi) is 6.60. The fourth-order valence-corrected chi connectivity index (χ4v) is 9.26. The lowest BCUT2D eigenvalue weighted by atomic mass is 10.1. The summed E-state index contributed by atoms with van der Waals surface area (Å²) in [4.78, 5) is 24.6. The van der Waals surface area contributed by atoms with E-state index in [0.717, 1.165) is 0 Å². The number of ether oxygens (including phenoxy) is 2. The van der Waals surface area contributed by atoms with Crippen molar-refractivity contribution in [1.29, 1.82) is 0 Å². The molecule has 18 nitrogen and oxygen atoms in total. The summed E-state index contributed by atoms with van der Waals surface area (Å²) in [6.07, 6.45) is -3.25. The number of anilines is 2. The standard InChI is InChI=1S/C21H23FN10O8P2S2/c22-11-14-21(37-20(11)32-7-30-13-16(24)26-5-28-18(13)32)2-10(21)39-42(34,44)38-9-1-8(3-35-41(33,43)40-14)36-19(9)31-6-29-12-15(23)25-4-27-17(12)31/h4-11,14,19-20H,1-3H2,(H,33,43)(H,34,44)(H2,23,25,27)(H2,24,26,28)/t8?,9-,10-,11-,14+,19-,20-,21?,41-,42+/m1/s1. The molecule has 0 amide bonds. The van der Waals surface area contributed by atoms with E-state index in [1.807, 2.05) is 0 Å². The molecule has 8 rings (SSSR count). The maximum absolute atomic E-state index is 16.2. The number of alkyl halides is 1. The van der Waals surface area contributed by atoms with Crippen molar-refractivity contribution in [1.82, 2.24) is 39.0 Å². The van der Waals surface area contributed by atoms with Crippen LogP contribution >= 0.6 is 38.1 Å². The molecule has 0 aromatic carbocycles. The van der Waals surface area contributed by atoms with E-state index in [4.69, 9.17) is 39.0 Å². The predicted molar refractivity (Wildman–Crippen MR) is 154 cm³/mol. The molecule has 10 atom stereocenters. The first-order chi connectivity index (χ1) is 20.9. The van der Waals surface area contributed by atoms with Crippen LogP contribution in [0.15, 0.2) is 25.3 Å². The first kappa shape index (κ1) is 29.0. The number of hydrogen-bond donors (Lipinski definition) is 4. The highest BCUT2D eigenvalue weighted by atomic mass is 32.7. The van der Waals surface area contributed by atoms with Crippen molar-refractivity contribution >= 4 is 72.1 Å². The minimum atomic E-state index is -4.24. The van der Waals surface area contributed by atoms with Crippen LogP contribution in [-0.2, 0) is 36.7 Å². The molecule has 234 valence electrons. The number of thiol groups is 2. The van der Waals surface area contributed by atoms with Crippen molar-refractivity contribution in [2.45, 2.75) is 61.5 Å². The molecule has 44 heavy (non-hydrogen) atoms. The maximum Gasteiger partial charge on any atom is 0.386 e. The van der Waals surface area contributed by atoms with Crippen LogP contribution in [0.3, 0.4) is 0 Å². The average molecular weight is 689 g/mol. The van der Waals surface area contributed by atoms with Crippen LogP contribution in [-0.4, -0.2) is 81.8 Å². The van der Waals surface area contributed by atoms with E-state index in [1.165, 1.54) is 34.4 Å². The molecule has 1 aliphatic carbocycles. The van der Waals surface area contributed by atoms with Gasteiger partial charge in [-0.25, -0.2) is 43.4 Å². The molecule has 3 saturated heterocycles. The zero-order valence-electron chi connectivity index (χ0n) is 22.1. The van der Waals surface area contributed by atoms with Crippen molar-refractivity contribution in [2.24, 2.45) is 0 Å². The highest BCUT2D eigenvalue weighted by Gasteiger charge is 2.74. The Labute approximate surface area is 256 Å². The summed E-state index contributed by atoms with van der Waals surface area (Å²) < 4.78 is 81.6. The molecule has 7 heterocycles. The van der Waals surface area contributed by atoms with Gasteiger partial charge in [-0.1, -0.05) is 24.5 Å². The number of nitrogens with two attached hydrogens (primary N) is 2. The van der Waals surface area contributed by atoms with Gasteiger partial charge in [0.25, 0.3) is 0 Å². The number of nitrogen functional groups attached to an aromatic ring is 2. The van der Waals surface area contributed by atoms with Crippen LogP contribution in [0.2, 0.25) is 0 Å². The zero-order chi connectivity index (χ0) is 30.6. The molecule has 4 aromatic heterocycles. The van der Waals surface area contributed by atoms with E-state index in [9.17, 15) is 9.13 Å². The van der Waals surface area contributed by atoms with Gasteiger partial charge in [0.15, 0.2) is 41.6 Å². The van der Waals surface area contributed by atoms with Gasteiger partial charge in [0, 0.05) is 12.8 Å². The van der Waals surface area contributed by atoms with E-state index in [1.54, 1.807) is 0 Å². The van der Waals surface area contributed by atoms with Crippen molar-refractivity contribution in [3.63, 3.8) is 0 Å². The molecule has 4 aromatic rings. The summed E-state index contributed by atoms with van der Waals surface area (Å²) in [7, 11) is 0. The Morgan fingerprint density at radius 2 is 1.52 bits per heavy atom. The van der Waals surface area contributed by atoms with Crippen molar-refractivity contribution in [2.75, 3.05) is 18.1 Å². The Morgan fingerprint density at radius 3 is 2.18 bits per heavy atom. The quantitative estimate of drug-likeness (QED) is 0.175. The van der Waals surface area contributed by atoms with Crippen molar-refractivity contribution in [3.05, 3.63) is 25.3 Å². The molecule has 3 aliphatic heterocycles. The van der Waals surface area contributed by atoms with Crippen molar-refractivity contribution in [3.8, 4) is 0 Å². The lowest BCUT2D eigenvalue weighted by Crippen LogP contribution is -2.35. The third-order valence-corrected chi connectivity index (χ3v) is 11.2. The van der Waals surface area contributed by atoms with Gasteiger partial charge in [0.2, 0.25) is 0 Å². The summed E-state index contributed by atoms with van der Waals surface area (Å²) in [5.74, 6) is 0.236. The Morgan fingerprint density at radius 1 is 0.886 bits per heavy atom. The Balaban J connectivity index is 1.12. The minimum absolute atomic E-state index is 0.00436. The normalized spacial score (nSPS) is 40.7. The van der Waals surface area contributed by atoms with Crippen LogP contribution in [0.25, 0.3) is 22.3 Å². The third kappa shape index (κ3) is 4.64. The van der Waals surface area contributed by atoms with Gasteiger partial charge >= 0.3 is 13.6 Å². The molecule has 1 saturated carbocycles. The number of aromatic nitrogens is 8. The fourth-order valence-electron chi connectivity index (χ4n) is 5.90. The second-order valence-corrected chi connectivity index (χ2v) is 16.4. The van der Waals surface area contributed by atoms with Gasteiger partial charge in [-0.15, -0.1) is 0 Å². The van der Waals surface area contributed by atoms with Crippen LogP contribution in [0, 0.1) is 0 Å². The largest absolute Gasteiger partial charge is 0.386 e. The monoisotopic (exact) mass is 688 g/mol. The Bertz CT molecular complexity index is 1900. The van der Waals surface area contributed by atoms with E-state index in [-0.39, 0.29) is 42.2 Å². The van der Waals surface area contributed by atoms with Gasteiger partial charge < -0.3 is 20.9 Å². The SMILES string of the molecule is Nc1ncnc2c1ncn2[C@@H]1OC23C[C@H]2O[P@@](=O)(S)O[C@@H]2CC(CO[P@@](=O)(S)O[C@H]3[C@H]1F)O[C@H]2n1cnc2c(N)ncnc21. The summed E-state index contributed by atoms with van der Waals surface area (Å²) in [6.45, 7) is -8.72. The van der Waals surface area contributed by atoms with E-state index >= 15 is 4.39 Å². The van der Waals surface area contributed by atoms with Gasteiger partial charge in [-0.2, -0.15) is 0 Å². The van der Waals surface area contributed by atoms with Gasteiger partial charge in [0.1, 0.15) is 47.6 Å². The van der Waals surface area contributed by atoms with E-state index < -0.39 is 62.2 Å². The number of imidazole rings is 2. The first-order valence-corrected chi connectivity index (χ1v) is 18.5. The third-order valence-electron chi connectivity index (χ3n) is 7.94. The Hall–Kier alpha value is -2.45. The second kappa shape index (κ2) is 10.0. The first-order valence-electron chi connectivity index (χ1n) is 13.1. The maximum atomic E-state index is 16.2. The smallest absolute Gasteiger partial charge is 0.382 e. The molecule has 2 bridgehead atoms. The summed E-state index contributed by atoms with van der Waals surface area (Å²) in [6, 6.07) is 0. The predicted octanol–water partition coefficient (Wildman–Crippen LogP) is 2.39. The van der Waals surface area contributed by atoms with E-state index in [2.05, 4.69) is 54.4 Å². The molecule has 0 radical (unpaired) electrons. The van der Waals surface area contributed by atoms with E-state index in [0.29, 0.717) is 11.2 Å². The van der Waals surface area contributed by atoms with Crippen LogP contribution in [0.5, 0.6) is 0 Å². The summed E-state index contributed by atoms with van der Waals surface area (Å²) in [5, 5.41) is 0. The number of hydrogen-bond acceptors (Lipinski definition) is 16. The van der Waals surface area contributed by atoms with Gasteiger partial charge in [-0.05, 0) is 0 Å². The summed E-state index contributed by atoms with van der Waals surface area (Å²) in [5.41, 5.74) is 11.3. The highest BCUT2D eigenvalue weighted by Crippen LogP contribution is 2.68. The second-order valence-electron chi connectivity index (χ2n) is 10.7. The van der Waals surface area contributed by atoms with Crippen LogP contribution < -0.4 is 11.5 Å². The highest BCUT2D eigenvalue weighted by molar-refractivity contribution is 8.44. The zero-order valence-corrected chi connectivity index (χ0v) is 25.7. The summed E-state index contributed by atoms with van der Waals surface area (Å²) >= 11 is 8.34. The lowest BCUT2D eigenvalue weighted by molar-refractivity contribution is -0.0633. The molecular weight excluding hydrogens is 665 g/mol. The fraction of sp³-hybridized carbons (Fsp3) is 0.524. The number of halogens is 1. The lowest BCUT2D eigenvalue weighted by Gasteiger charge is -2.26. The molecule has 23 heteroatoms. The number of fused-ring (bicyclic) bond motifs is 4. The molecule has 1 spiro atoms. The molecule has 4 N–H and O–H groups in total. The van der Waals surface area contributed by atoms with Crippen LogP contribution in [0.4, 0.5) is 16.0 Å². The number of rotatable bonds is 2. The molecule has 4 aliphatic rings. The minimum Gasteiger partial charge on any atom is -0.382 e. The molecule has 4 fully saturated rings.